The molecule has 0 aliphatic rings. The molecular weight excluding hydrogens is 244 g/mol. The molecule has 0 unspecified atom stereocenters. The average Bonchev–Trinajstić information content (AvgIpc) is 2.26. The van der Waals surface area contributed by atoms with E-state index >= 15 is 0 Å². The highest BCUT2D eigenvalue weighted by Gasteiger charge is 2.09. The van der Waals surface area contributed by atoms with E-state index in [2.05, 4.69) is 0 Å². The average molecular weight is 256 g/mol. The summed E-state index contributed by atoms with van der Waals surface area (Å²) in [5.74, 6) is -0.213. The van der Waals surface area contributed by atoms with Crippen LogP contribution in [0.15, 0.2) is 41.3 Å². The highest BCUT2D eigenvalue weighted by atomic mass is 32.2. The molecule has 0 aliphatic carbocycles. The van der Waals surface area contributed by atoms with Crippen molar-refractivity contribution in [2.24, 2.45) is 0 Å². The molecule has 0 aromatic heterocycles. The first-order valence-corrected chi connectivity index (χ1v) is 6.27. The smallest absolute Gasteiger partial charge is 0.315 e. The Morgan fingerprint density at radius 1 is 1.35 bits per heavy atom. The Morgan fingerprint density at radius 3 is 2.41 bits per heavy atom. The van der Waals surface area contributed by atoms with Gasteiger partial charge in [0, 0.05) is 0 Å². The number of allylic oxidation sites excluding steroid dienone is 1. The van der Waals surface area contributed by atoms with Crippen LogP contribution >= 0.6 is 0 Å². The van der Waals surface area contributed by atoms with E-state index in [1.54, 1.807) is 19.1 Å². The summed E-state index contributed by atoms with van der Waals surface area (Å²) in [5.41, 5.74) is 0. The van der Waals surface area contributed by atoms with Gasteiger partial charge in [0.25, 0.3) is 10.1 Å². The highest BCUT2D eigenvalue weighted by Crippen LogP contribution is 2.16. The second kappa shape index (κ2) is 5.60. The number of esters is 1. The molecule has 0 heterocycles. The molecule has 0 spiro atoms. The predicted octanol–water partition coefficient (Wildman–Crippen LogP) is 1.80. The summed E-state index contributed by atoms with van der Waals surface area (Å²) in [5, 5.41) is 0. The quantitative estimate of drug-likeness (QED) is 0.384. The van der Waals surface area contributed by atoms with Crippen molar-refractivity contribution in [3.8, 4) is 5.75 Å². The lowest BCUT2D eigenvalue weighted by molar-refractivity contribution is -0.133. The second-order valence-electron chi connectivity index (χ2n) is 3.19. The van der Waals surface area contributed by atoms with Gasteiger partial charge in [-0.05, 0) is 31.2 Å². The van der Waals surface area contributed by atoms with Crippen LogP contribution in [0, 0.1) is 0 Å². The van der Waals surface area contributed by atoms with Gasteiger partial charge < -0.3 is 4.74 Å². The van der Waals surface area contributed by atoms with E-state index in [-0.39, 0.29) is 17.1 Å². The molecule has 0 fully saturated rings. The van der Waals surface area contributed by atoms with E-state index in [0.717, 1.165) is 12.1 Å². The van der Waals surface area contributed by atoms with E-state index in [9.17, 15) is 13.2 Å². The summed E-state index contributed by atoms with van der Waals surface area (Å²) in [6.07, 6.45) is 3.52. The zero-order valence-electron chi connectivity index (χ0n) is 9.16. The Hall–Kier alpha value is -1.66. The standard InChI is InChI=1S/C11H12O5S/c1-2-3-4-11(12)16-9-5-7-10(8-6-9)17(13,14)15/h2-3,5-8H,4H2,1H3,(H,13,14,15). The van der Waals surface area contributed by atoms with Crippen LogP contribution in [0.4, 0.5) is 0 Å². The van der Waals surface area contributed by atoms with E-state index in [1.807, 2.05) is 0 Å². The van der Waals surface area contributed by atoms with Gasteiger partial charge in [0.05, 0.1) is 11.3 Å². The Bertz CT molecular complexity index is 513. The third kappa shape index (κ3) is 4.38. The minimum atomic E-state index is -4.21. The van der Waals surface area contributed by atoms with E-state index in [0.29, 0.717) is 0 Å². The van der Waals surface area contributed by atoms with Gasteiger partial charge in [-0.15, -0.1) is 0 Å². The fraction of sp³-hybridized carbons (Fsp3) is 0.182. The molecule has 0 aliphatic heterocycles. The monoisotopic (exact) mass is 256 g/mol. The molecule has 0 atom stereocenters. The highest BCUT2D eigenvalue weighted by molar-refractivity contribution is 7.85. The van der Waals surface area contributed by atoms with Gasteiger partial charge >= 0.3 is 5.97 Å². The van der Waals surface area contributed by atoms with Crippen LogP contribution in [0.2, 0.25) is 0 Å². The summed E-state index contributed by atoms with van der Waals surface area (Å²) in [6, 6.07) is 4.93. The number of hydrogen-bond acceptors (Lipinski definition) is 4. The molecule has 1 aromatic rings. The lowest BCUT2D eigenvalue weighted by atomic mass is 10.3. The molecule has 0 saturated carbocycles. The maximum Gasteiger partial charge on any atom is 0.315 e. The van der Waals surface area contributed by atoms with Gasteiger partial charge in [-0.3, -0.25) is 9.35 Å². The van der Waals surface area contributed by atoms with Crippen molar-refractivity contribution < 1.29 is 22.5 Å². The minimum absolute atomic E-state index is 0.149. The summed E-state index contributed by atoms with van der Waals surface area (Å²) in [6.45, 7) is 1.79. The van der Waals surface area contributed by atoms with Gasteiger partial charge in [-0.2, -0.15) is 8.42 Å². The Labute approximate surface area is 99.5 Å². The number of benzene rings is 1. The third-order valence-electron chi connectivity index (χ3n) is 1.87. The molecule has 1 N–H and O–H groups in total. The fourth-order valence-corrected chi connectivity index (χ4v) is 1.55. The molecule has 1 aromatic carbocycles. The Kier molecular flexibility index (Phi) is 4.42. The molecular formula is C11H12O5S. The Balaban J connectivity index is 2.72. The summed E-state index contributed by atoms with van der Waals surface area (Å²) in [4.78, 5) is 11.0. The fourth-order valence-electron chi connectivity index (χ4n) is 1.07. The number of carbonyl (C=O) groups is 1. The molecule has 6 heteroatoms. The zero-order chi connectivity index (χ0) is 12.9. The second-order valence-corrected chi connectivity index (χ2v) is 4.62. The first-order valence-electron chi connectivity index (χ1n) is 4.83. The van der Waals surface area contributed by atoms with Crippen LogP contribution in [0.5, 0.6) is 5.75 Å². The molecule has 0 bridgehead atoms. The number of rotatable bonds is 4. The first kappa shape index (κ1) is 13.4. The molecule has 92 valence electrons. The molecule has 0 saturated heterocycles. The summed E-state index contributed by atoms with van der Waals surface area (Å²) in [7, 11) is -4.21. The SMILES string of the molecule is CC=CCC(=O)Oc1ccc(S(=O)(=O)O)cc1. The van der Waals surface area contributed by atoms with Crippen molar-refractivity contribution in [2.45, 2.75) is 18.2 Å². The maximum atomic E-state index is 11.2. The van der Waals surface area contributed by atoms with Gasteiger partial charge in [-0.25, -0.2) is 0 Å². The lowest BCUT2D eigenvalue weighted by Crippen LogP contribution is -2.06. The van der Waals surface area contributed by atoms with Crippen LogP contribution in [-0.4, -0.2) is 18.9 Å². The largest absolute Gasteiger partial charge is 0.426 e. The van der Waals surface area contributed by atoms with Crippen molar-refractivity contribution in [1.82, 2.24) is 0 Å². The number of hydrogen-bond donors (Lipinski definition) is 1. The van der Waals surface area contributed by atoms with Crippen molar-refractivity contribution in [3.05, 3.63) is 36.4 Å². The summed E-state index contributed by atoms with van der Waals surface area (Å²) >= 11 is 0. The molecule has 0 amide bonds. The summed E-state index contributed by atoms with van der Waals surface area (Å²) < 4.78 is 35.1. The molecule has 5 nitrogen and oxygen atoms in total. The minimum Gasteiger partial charge on any atom is -0.426 e. The molecule has 17 heavy (non-hydrogen) atoms. The van der Waals surface area contributed by atoms with Crippen LogP contribution in [0.25, 0.3) is 0 Å². The van der Waals surface area contributed by atoms with Crippen LogP contribution < -0.4 is 4.74 Å². The lowest BCUT2D eigenvalue weighted by Gasteiger charge is -2.03. The van der Waals surface area contributed by atoms with E-state index < -0.39 is 16.1 Å². The zero-order valence-corrected chi connectivity index (χ0v) is 9.98. The van der Waals surface area contributed by atoms with Gasteiger partial charge in [0.2, 0.25) is 0 Å². The van der Waals surface area contributed by atoms with Crippen LogP contribution in [0.3, 0.4) is 0 Å². The third-order valence-corrected chi connectivity index (χ3v) is 2.74. The Morgan fingerprint density at radius 2 is 1.94 bits per heavy atom. The van der Waals surface area contributed by atoms with Crippen LogP contribution in [-0.2, 0) is 14.9 Å². The first-order chi connectivity index (χ1) is 7.93. The molecule has 0 radical (unpaired) electrons. The van der Waals surface area contributed by atoms with Gasteiger partial charge in [0.15, 0.2) is 0 Å². The topological polar surface area (TPSA) is 80.7 Å². The van der Waals surface area contributed by atoms with Crippen LogP contribution in [0.1, 0.15) is 13.3 Å². The van der Waals surface area contributed by atoms with Gasteiger partial charge in [0.1, 0.15) is 5.75 Å². The maximum absolute atomic E-state index is 11.2. The van der Waals surface area contributed by atoms with Crippen molar-refractivity contribution in [2.75, 3.05) is 0 Å². The number of carbonyl (C=O) groups excluding carboxylic acids is 1. The number of ether oxygens (including phenoxy) is 1. The van der Waals surface area contributed by atoms with Crippen molar-refractivity contribution in [3.63, 3.8) is 0 Å². The van der Waals surface area contributed by atoms with Gasteiger partial charge in [-0.1, -0.05) is 12.2 Å². The normalized spacial score (nSPS) is 11.6. The molecule has 1 rings (SSSR count). The van der Waals surface area contributed by atoms with E-state index in [4.69, 9.17) is 9.29 Å². The van der Waals surface area contributed by atoms with E-state index in [1.165, 1.54) is 12.1 Å². The predicted molar refractivity (Wildman–Crippen MR) is 61.3 cm³/mol. The van der Waals surface area contributed by atoms with Crippen molar-refractivity contribution >= 4 is 16.1 Å². The van der Waals surface area contributed by atoms with Crippen molar-refractivity contribution in [1.29, 1.82) is 0 Å².